The Morgan fingerprint density at radius 3 is 2.36 bits per heavy atom. The maximum atomic E-state index is 13.1. The quantitative estimate of drug-likeness (QED) is 0.625. The monoisotopic (exact) mass is 375 g/mol. The molecule has 2 aromatic carbocycles. The number of amides is 1. The number of aromatic nitrogens is 2. The lowest BCUT2D eigenvalue weighted by Crippen LogP contribution is -2.40. The highest BCUT2D eigenvalue weighted by Gasteiger charge is 2.45. The van der Waals surface area contributed by atoms with E-state index in [1.807, 2.05) is 24.8 Å². The minimum atomic E-state index is -0.519. The van der Waals surface area contributed by atoms with Crippen LogP contribution >= 0.6 is 0 Å². The Hall–Kier alpha value is -2.62. The fourth-order valence-corrected chi connectivity index (χ4v) is 4.48. The first-order valence-corrected chi connectivity index (χ1v) is 10.2. The molecule has 0 spiro atoms. The average Bonchev–Trinajstić information content (AvgIpc) is 3.13. The Morgan fingerprint density at radius 2 is 1.75 bits per heavy atom. The number of hydrogen-bond acceptors (Lipinski definition) is 2. The second kappa shape index (κ2) is 6.47. The normalized spacial score (nSPS) is 16.8. The standard InChI is InChI=1S/C24H29N3O/c1-7-22-25-19-13-18-20(26(15(2)3)23(28)24(18,5)6)14-21(19)27(22)16(4)17-11-9-8-10-12-17/h8-16H,7H2,1-6H3. The van der Waals surface area contributed by atoms with Gasteiger partial charge in [0.15, 0.2) is 0 Å². The van der Waals surface area contributed by atoms with Crippen molar-refractivity contribution in [2.24, 2.45) is 0 Å². The summed E-state index contributed by atoms with van der Waals surface area (Å²) in [6.07, 6.45) is 0.868. The molecule has 0 aliphatic carbocycles. The molecule has 4 rings (SSSR count). The first kappa shape index (κ1) is 18.7. The molecule has 0 fully saturated rings. The lowest BCUT2D eigenvalue weighted by Gasteiger charge is -2.24. The van der Waals surface area contributed by atoms with Gasteiger partial charge in [-0.05, 0) is 57.9 Å². The van der Waals surface area contributed by atoms with E-state index < -0.39 is 5.41 Å². The second-order valence-electron chi connectivity index (χ2n) is 8.59. The van der Waals surface area contributed by atoms with Crippen LogP contribution in [-0.4, -0.2) is 21.5 Å². The highest BCUT2D eigenvalue weighted by molar-refractivity contribution is 6.09. The number of nitrogens with zero attached hydrogens (tertiary/aromatic N) is 3. The molecule has 1 atom stereocenters. The molecule has 0 bridgehead atoms. The van der Waals surface area contributed by atoms with Gasteiger partial charge in [0.25, 0.3) is 0 Å². The van der Waals surface area contributed by atoms with E-state index in [-0.39, 0.29) is 18.0 Å². The number of anilines is 1. The highest BCUT2D eigenvalue weighted by atomic mass is 16.2. The van der Waals surface area contributed by atoms with Crippen LogP contribution in [0.4, 0.5) is 5.69 Å². The Balaban J connectivity index is 1.97. The van der Waals surface area contributed by atoms with Crippen LogP contribution in [0.2, 0.25) is 0 Å². The summed E-state index contributed by atoms with van der Waals surface area (Å²) < 4.78 is 2.33. The van der Waals surface area contributed by atoms with Crippen molar-refractivity contribution in [3.05, 3.63) is 59.4 Å². The van der Waals surface area contributed by atoms with Crippen LogP contribution in [0.1, 0.15) is 64.5 Å². The number of imidazole rings is 1. The molecule has 28 heavy (non-hydrogen) atoms. The van der Waals surface area contributed by atoms with Crippen molar-refractivity contribution < 1.29 is 4.79 Å². The van der Waals surface area contributed by atoms with Gasteiger partial charge in [-0.2, -0.15) is 0 Å². The van der Waals surface area contributed by atoms with E-state index in [0.717, 1.165) is 34.5 Å². The van der Waals surface area contributed by atoms with Crippen molar-refractivity contribution in [1.82, 2.24) is 9.55 Å². The van der Waals surface area contributed by atoms with Crippen molar-refractivity contribution in [1.29, 1.82) is 0 Å². The maximum Gasteiger partial charge on any atom is 0.237 e. The van der Waals surface area contributed by atoms with Crippen molar-refractivity contribution in [3.8, 4) is 0 Å². The largest absolute Gasteiger partial charge is 0.321 e. The molecule has 1 aliphatic heterocycles. The summed E-state index contributed by atoms with van der Waals surface area (Å²) in [5.41, 5.74) is 4.93. The summed E-state index contributed by atoms with van der Waals surface area (Å²) in [7, 11) is 0. The molecule has 0 saturated heterocycles. The molecule has 1 aliphatic rings. The van der Waals surface area contributed by atoms with Gasteiger partial charge in [-0.15, -0.1) is 0 Å². The van der Waals surface area contributed by atoms with Gasteiger partial charge in [0.05, 0.1) is 28.2 Å². The zero-order valence-electron chi connectivity index (χ0n) is 17.7. The number of aryl methyl sites for hydroxylation is 1. The van der Waals surface area contributed by atoms with Crippen molar-refractivity contribution >= 4 is 22.6 Å². The summed E-state index contributed by atoms with van der Waals surface area (Å²) in [6, 6.07) is 15.2. The molecule has 2 heterocycles. The van der Waals surface area contributed by atoms with Crippen molar-refractivity contribution in [3.63, 3.8) is 0 Å². The zero-order chi connectivity index (χ0) is 20.2. The summed E-state index contributed by atoms with van der Waals surface area (Å²) in [4.78, 5) is 20.0. The lowest BCUT2D eigenvalue weighted by molar-refractivity contribution is -0.122. The average molecular weight is 376 g/mol. The molecule has 1 unspecified atom stereocenters. The molecule has 0 radical (unpaired) electrons. The molecule has 1 aromatic heterocycles. The summed E-state index contributed by atoms with van der Waals surface area (Å²) >= 11 is 0. The topological polar surface area (TPSA) is 38.1 Å². The van der Waals surface area contributed by atoms with Gasteiger partial charge in [0.2, 0.25) is 5.91 Å². The van der Waals surface area contributed by atoms with Crippen LogP contribution in [0.3, 0.4) is 0 Å². The van der Waals surface area contributed by atoms with Crippen LogP contribution < -0.4 is 4.90 Å². The van der Waals surface area contributed by atoms with E-state index in [4.69, 9.17) is 4.98 Å². The first-order valence-electron chi connectivity index (χ1n) is 10.2. The molecule has 146 valence electrons. The minimum Gasteiger partial charge on any atom is -0.321 e. The van der Waals surface area contributed by atoms with Crippen LogP contribution in [0, 0.1) is 0 Å². The van der Waals surface area contributed by atoms with Gasteiger partial charge in [-0.1, -0.05) is 37.3 Å². The Labute approximate surface area is 167 Å². The third-order valence-electron chi connectivity index (χ3n) is 6.07. The lowest BCUT2D eigenvalue weighted by atomic mass is 9.86. The van der Waals surface area contributed by atoms with E-state index >= 15 is 0 Å². The number of benzene rings is 2. The number of hydrogen-bond donors (Lipinski definition) is 0. The molecule has 4 nitrogen and oxygen atoms in total. The van der Waals surface area contributed by atoms with E-state index in [2.05, 4.69) is 68.7 Å². The highest BCUT2D eigenvalue weighted by Crippen LogP contribution is 2.45. The van der Waals surface area contributed by atoms with Gasteiger partial charge in [-0.3, -0.25) is 4.79 Å². The number of carbonyl (C=O) groups is 1. The zero-order valence-corrected chi connectivity index (χ0v) is 17.7. The van der Waals surface area contributed by atoms with Gasteiger partial charge < -0.3 is 9.47 Å². The number of carbonyl (C=O) groups excluding carboxylic acids is 1. The SMILES string of the molecule is CCc1nc2cc3c(cc2n1C(C)c1ccccc1)N(C(C)C)C(=O)C3(C)C. The van der Waals surface area contributed by atoms with Crippen molar-refractivity contribution in [2.45, 2.75) is 65.5 Å². The Kier molecular flexibility index (Phi) is 4.33. The fraction of sp³-hybridized carbons (Fsp3) is 0.417. The van der Waals surface area contributed by atoms with E-state index in [0.29, 0.717) is 0 Å². The number of fused-ring (bicyclic) bond motifs is 2. The molecular formula is C24H29N3O. The van der Waals surface area contributed by atoms with Gasteiger partial charge in [0, 0.05) is 12.5 Å². The molecule has 3 aromatic rings. The minimum absolute atomic E-state index is 0.124. The smallest absolute Gasteiger partial charge is 0.237 e. The maximum absolute atomic E-state index is 13.1. The Bertz CT molecular complexity index is 1050. The van der Waals surface area contributed by atoms with Crippen LogP contribution in [0.25, 0.3) is 11.0 Å². The molecule has 0 saturated carbocycles. The van der Waals surface area contributed by atoms with E-state index in [9.17, 15) is 4.79 Å². The Morgan fingerprint density at radius 1 is 1.07 bits per heavy atom. The fourth-order valence-electron chi connectivity index (χ4n) is 4.48. The van der Waals surface area contributed by atoms with Gasteiger partial charge >= 0.3 is 0 Å². The van der Waals surface area contributed by atoms with Gasteiger partial charge in [-0.25, -0.2) is 4.98 Å². The molecule has 4 heteroatoms. The summed E-state index contributed by atoms with van der Waals surface area (Å²) in [5.74, 6) is 1.25. The summed E-state index contributed by atoms with van der Waals surface area (Å²) in [5, 5.41) is 0. The summed E-state index contributed by atoms with van der Waals surface area (Å²) in [6.45, 7) is 12.6. The number of rotatable bonds is 4. The predicted molar refractivity (Wildman–Crippen MR) is 115 cm³/mol. The first-order chi connectivity index (χ1) is 13.3. The third-order valence-corrected chi connectivity index (χ3v) is 6.07. The van der Waals surface area contributed by atoms with E-state index in [1.165, 1.54) is 5.56 Å². The predicted octanol–water partition coefficient (Wildman–Crippen LogP) is 5.24. The van der Waals surface area contributed by atoms with E-state index in [1.54, 1.807) is 0 Å². The van der Waals surface area contributed by atoms with Crippen LogP contribution in [0.5, 0.6) is 0 Å². The van der Waals surface area contributed by atoms with Crippen molar-refractivity contribution in [2.75, 3.05) is 4.90 Å². The third kappa shape index (κ3) is 2.58. The second-order valence-corrected chi connectivity index (χ2v) is 8.59. The van der Waals surface area contributed by atoms with Crippen LogP contribution in [0.15, 0.2) is 42.5 Å². The molecule has 1 amide bonds. The van der Waals surface area contributed by atoms with Crippen LogP contribution in [-0.2, 0) is 16.6 Å². The van der Waals surface area contributed by atoms with Gasteiger partial charge in [0.1, 0.15) is 5.82 Å². The molecular weight excluding hydrogens is 346 g/mol. The molecule has 0 N–H and O–H groups in total.